The minimum atomic E-state index is 0.277. The fraction of sp³-hybridized carbons (Fsp3) is 0.600. The van der Waals surface area contributed by atoms with E-state index < -0.39 is 0 Å². The molecule has 0 aliphatic heterocycles. The van der Waals surface area contributed by atoms with Crippen molar-refractivity contribution in [1.82, 2.24) is 5.32 Å². The van der Waals surface area contributed by atoms with Crippen molar-refractivity contribution < 1.29 is 0 Å². The summed E-state index contributed by atoms with van der Waals surface area (Å²) >= 11 is 12.3. The summed E-state index contributed by atoms with van der Waals surface area (Å²) in [6, 6.07) is 6.21. The van der Waals surface area contributed by atoms with Gasteiger partial charge in [-0.3, -0.25) is 0 Å². The molecule has 102 valence electrons. The van der Waals surface area contributed by atoms with Gasteiger partial charge in [0, 0.05) is 16.1 Å². The quantitative estimate of drug-likeness (QED) is 0.808. The molecule has 1 nitrogen and oxygen atoms in total. The molecule has 1 N–H and O–H groups in total. The van der Waals surface area contributed by atoms with Crippen molar-refractivity contribution in [2.75, 3.05) is 7.05 Å². The maximum atomic E-state index is 6.17. The summed E-state index contributed by atoms with van der Waals surface area (Å²) in [6.45, 7) is 6.78. The Balaban J connectivity index is 2.56. The van der Waals surface area contributed by atoms with Crippen molar-refractivity contribution in [2.45, 2.75) is 46.1 Å². The highest BCUT2D eigenvalue weighted by Gasteiger charge is 2.22. The van der Waals surface area contributed by atoms with Crippen LogP contribution in [0.2, 0.25) is 10.0 Å². The zero-order valence-corrected chi connectivity index (χ0v) is 13.2. The summed E-state index contributed by atoms with van der Waals surface area (Å²) in [5.74, 6) is 0. The molecule has 0 spiro atoms. The number of halogens is 2. The van der Waals surface area contributed by atoms with Crippen LogP contribution in [-0.4, -0.2) is 13.1 Å². The number of hydrogen-bond acceptors (Lipinski definition) is 1. The minimum absolute atomic E-state index is 0.277. The fourth-order valence-electron chi connectivity index (χ4n) is 2.26. The normalized spacial score (nSPS) is 13.7. The van der Waals surface area contributed by atoms with Gasteiger partial charge in [0.1, 0.15) is 0 Å². The van der Waals surface area contributed by atoms with E-state index in [1.165, 1.54) is 0 Å². The third-order valence-electron chi connectivity index (χ3n) is 3.38. The molecule has 0 bridgehead atoms. The Morgan fingerprint density at radius 2 is 1.72 bits per heavy atom. The number of rotatable bonds is 5. The van der Waals surface area contributed by atoms with E-state index in [1.807, 2.05) is 25.2 Å². The summed E-state index contributed by atoms with van der Waals surface area (Å²) in [6.07, 6.45) is 3.15. The highest BCUT2D eigenvalue weighted by Crippen LogP contribution is 2.28. The first-order valence-corrected chi connectivity index (χ1v) is 7.22. The van der Waals surface area contributed by atoms with Crippen LogP contribution in [0.3, 0.4) is 0 Å². The number of nitrogens with one attached hydrogen (secondary N) is 1. The van der Waals surface area contributed by atoms with E-state index in [9.17, 15) is 0 Å². The second kappa shape index (κ2) is 6.79. The van der Waals surface area contributed by atoms with Gasteiger partial charge in [0.2, 0.25) is 0 Å². The van der Waals surface area contributed by atoms with Crippen molar-refractivity contribution in [1.29, 1.82) is 0 Å². The van der Waals surface area contributed by atoms with Gasteiger partial charge in [-0.05, 0) is 49.4 Å². The van der Waals surface area contributed by atoms with Crippen LogP contribution >= 0.6 is 23.2 Å². The molecule has 1 aromatic carbocycles. The van der Waals surface area contributed by atoms with Crippen LogP contribution in [0.1, 0.15) is 39.2 Å². The molecule has 0 fully saturated rings. The van der Waals surface area contributed by atoms with Gasteiger partial charge >= 0.3 is 0 Å². The van der Waals surface area contributed by atoms with Gasteiger partial charge in [0.15, 0.2) is 0 Å². The second-order valence-electron chi connectivity index (χ2n) is 5.80. The summed E-state index contributed by atoms with van der Waals surface area (Å²) in [5.41, 5.74) is 1.35. The van der Waals surface area contributed by atoms with Crippen molar-refractivity contribution in [3.05, 3.63) is 33.8 Å². The Labute approximate surface area is 121 Å². The summed E-state index contributed by atoms with van der Waals surface area (Å²) in [4.78, 5) is 0. The third-order valence-corrected chi connectivity index (χ3v) is 4.08. The van der Waals surface area contributed by atoms with E-state index in [1.54, 1.807) is 0 Å². The molecule has 0 heterocycles. The SMILES string of the molecule is CNC(CCCc1c(Cl)cccc1Cl)C(C)(C)C. The van der Waals surface area contributed by atoms with Gasteiger partial charge in [-0.2, -0.15) is 0 Å². The summed E-state index contributed by atoms with van der Waals surface area (Å²) in [7, 11) is 2.03. The number of hydrogen-bond donors (Lipinski definition) is 1. The molecular weight excluding hydrogens is 265 g/mol. The Morgan fingerprint density at radius 3 is 2.17 bits per heavy atom. The highest BCUT2D eigenvalue weighted by molar-refractivity contribution is 6.35. The first-order chi connectivity index (χ1) is 8.36. The molecule has 1 rings (SSSR count). The largest absolute Gasteiger partial charge is 0.316 e. The molecular formula is C15H23Cl2N. The van der Waals surface area contributed by atoms with E-state index >= 15 is 0 Å². The summed E-state index contributed by atoms with van der Waals surface area (Å²) in [5, 5.41) is 4.95. The van der Waals surface area contributed by atoms with Gasteiger partial charge in [-0.1, -0.05) is 50.0 Å². The summed E-state index contributed by atoms with van der Waals surface area (Å²) < 4.78 is 0. The molecule has 1 unspecified atom stereocenters. The monoisotopic (exact) mass is 287 g/mol. The maximum Gasteiger partial charge on any atom is 0.0452 e. The van der Waals surface area contributed by atoms with E-state index in [4.69, 9.17) is 23.2 Å². The van der Waals surface area contributed by atoms with Gasteiger partial charge in [-0.15, -0.1) is 0 Å². The minimum Gasteiger partial charge on any atom is -0.316 e. The van der Waals surface area contributed by atoms with Crippen molar-refractivity contribution >= 4 is 23.2 Å². The average Bonchev–Trinajstić information content (AvgIpc) is 2.26. The molecule has 0 aromatic heterocycles. The van der Waals surface area contributed by atoms with Crippen LogP contribution in [0, 0.1) is 5.41 Å². The predicted octanol–water partition coefficient (Wildman–Crippen LogP) is 4.95. The lowest BCUT2D eigenvalue weighted by molar-refractivity contribution is 0.263. The van der Waals surface area contributed by atoms with Crippen molar-refractivity contribution in [3.8, 4) is 0 Å². The standard InChI is InChI=1S/C15H23Cl2N/c1-15(2,3)14(18-4)10-5-7-11-12(16)8-6-9-13(11)17/h6,8-9,14,18H,5,7,10H2,1-4H3. The molecule has 0 amide bonds. The van der Waals surface area contributed by atoms with Crippen LogP contribution in [0.4, 0.5) is 0 Å². The topological polar surface area (TPSA) is 12.0 Å². The van der Waals surface area contributed by atoms with E-state index in [0.717, 1.165) is 34.9 Å². The van der Waals surface area contributed by atoms with Gasteiger partial charge in [-0.25, -0.2) is 0 Å². The molecule has 18 heavy (non-hydrogen) atoms. The Kier molecular flexibility index (Phi) is 5.97. The smallest absolute Gasteiger partial charge is 0.0452 e. The predicted molar refractivity (Wildman–Crippen MR) is 81.7 cm³/mol. The molecule has 0 aliphatic rings. The third kappa shape index (κ3) is 4.46. The fourth-order valence-corrected chi connectivity index (χ4v) is 2.85. The molecule has 0 saturated carbocycles. The maximum absolute atomic E-state index is 6.17. The van der Waals surface area contributed by atoms with Crippen LogP contribution < -0.4 is 5.32 Å². The van der Waals surface area contributed by atoms with E-state index in [2.05, 4.69) is 26.1 Å². The lowest BCUT2D eigenvalue weighted by atomic mass is 9.83. The Hall–Kier alpha value is -0.240. The zero-order valence-electron chi connectivity index (χ0n) is 11.7. The average molecular weight is 288 g/mol. The van der Waals surface area contributed by atoms with Gasteiger partial charge < -0.3 is 5.32 Å². The van der Waals surface area contributed by atoms with Crippen molar-refractivity contribution in [3.63, 3.8) is 0 Å². The zero-order chi connectivity index (χ0) is 13.8. The lowest BCUT2D eigenvalue weighted by Gasteiger charge is -2.30. The Bertz CT molecular complexity index is 362. The Morgan fingerprint density at radius 1 is 1.17 bits per heavy atom. The highest BCUT2D eigenvalue weighted by atomic mass is 35.5. The molecule has 3 heteroatoms. The van der Waals surface area contributed by atoms with Gasteiger partial charge in [0.05, 0.1) is 0 Å². The molecule has 1 atom stereocenters. The first kappa shape index (κ1) is 15.8. The number of benzene rings is 1. The van der Waals surface area contributed by atoms with Crippen molar-refractivity contribution in [2.24, 2.45) is 5.41 Å². The van der Waals surface area contributed by atoms with E-state index in [-0.39, 0.29) is 5.41 Å². The van der Waals surface area contributed by atoms with Crippen LogP contribution in [0.5, 0.6) is 0 Å². The van der Waals surface area contributed by atoms with Gasteiger partial charge in [0.25, 0.3) is 0 Å². The van der Waals surface area contributed by atoms with Crippen LogP contribution in [-0.2, 0) is 6.42 Å². The second-order valence-corrected chi connectivity index (χ2v) is 6.61. The molecule has 0 aliphatic carbocycles. The molecule has 1 aromatic rings. The van der Waals surface area contributed by atoms with Crippen LogP contribution in [0.25, 0.3) is 0 Å². The molecule has 0 radical (unpaired) electrons. The molecule has 0 saturated heterocycles. The first-order valence-electron chi connectivity index (χ1n) is 6.46. The van der Waals surface area contributed by atoms with Crippen LogP contribution in [0.15, 0.2) is 18.2 Å². The van der Waals surface area contributed by atoms with E-state index in [0.29, 0.717) is 6.04 Å². The lowest BCUT2D eigenvalue weighted by Crippen LogP contribution is -2.37.